The number of carbonyl (C=O) groups is 2. The second kappa shape index (κ2) is 6.38. The van der Waals surface area contributed by atoms with E-state index in [1.54, 1.807) is 24.3 Å². The maximum atomic E-state index is 12.4. The van der Waals surface area contributed by atoms with Gasteiger partial charge in [0.15, 0.2) is 0 Å². The average molecular weight is 360 g/mol. The number of para-hydroxylation sites is 1. The molecule has 0 aromatic heterocycles. The van der Waals surface area contributed by atoms with Gasteiger partial charge in [0.05, 0.1) is 11.1 Å². The predicted molar refractivity (Wildman–Crippen MR) is 107 cm³/mol. The van der Waals surface area contributed by atoms with Crippen molar-refractivity contribution in [1.29, 1.82) is 0 Å². The molecule has 27 heavy (non-hydrogen) atoms. The Morgan fingerprint density at radius 1 is 0.815 bits per heavy atom. The SMILES string of the molecule is C=C1N(CCCCN2C(=O)c3ccccc3C2=O)c2ccccc2C1(C)C. The lowest BCUT2D eigenvalue weighted by atomic mass is 9.84. The molecule has 0 saturated carbocycles. The van der Waals surface area contributed by atoms with E-state index in [-0.39, 0.29) is 17.2 Å². The lowest BCUT2D eigenvalue weighted by molar-refractivity contribution is 0.0652. The van der Waals surface area contributed by atoms with Gasteiger partial charge in [0, 0.05) is 29.9 Å². The summed E-state index contributed by atoms with van der Waals surface area (Å²) in [6, 6.07) is 15.5. The summed E-state index contributed by atoms with van der Waals surface area (Å²) >= 11 is 0. The van der Waals surface area contributed by atoms with Crippen molar-refractivity contribution < 1.29 is 9.59 Å². The fourth-order valence-electron chi connectivity index (χ4n) is 4.11. The first-order valence-electron chi connectivity index (χ1n) is 9.44. The van der Waals surface area contributed by atoms with E-state index in [4.69, 9.17) is 0 Å². The van der Waals surface area contributed by atoms with Crippen LogP contribution in [0.3, 0.4) is 0 Å². The molecule has 0 saturated heterocycles. The molecule has 2 aliphatic rings. The third-order valence-corrected chi connectivity index (χ3v) is 5.81. The van der Waals surface area contributed by atoms with Gasteiger partial charge in [-0.05, 0) is 36.6 Å². The number of rotatable bonds is 5. The molecule has 2 aliphatic heterocycles. The van der Waals surface area contributed by atoms with Crippen LogP contribution in [-0.2, 0) is 5.41 Å². The summed E-state index contributed by atoms with van der Waals surface area (Å²) < 4.78 is 0. The van der Waals surface area contributed by atoms with E-state index in [2.05, 4.69) is 49.6 Å². The molecule has 0 aliphatic carbocycles. The van der Waals surface area contributed by atoms with Crippen molar-refractivity contribution in [2.24, 2.45) is 0 Å². The summed E-state index contributed by atoms with van der Waals surface area (Å²) in [5, 5.41) is 0. The summed E-state index contributed by atoms with van der Waals surface area (Å²) in [5.74, 6) is -0.347. The molecule has 0 N–H and O–H groups in total. The number of allylic oxidation sites excluding steroid dienone is 1. The number of carbonyl (C=O) groups excluding carboxylic acids is 2. The van der Waals surface area contributed by atoms with Gasteiger partial charge >= 0.3 is 0 Å². The third kappa shape index (κ3) is 2.67. The topological polar surface area (TPSA) is 40.6 Å². The van der Waals surface area contributed by atoms with Gasteiger partial charge in [-0.2, -0.15) is 0 Å². The van der Waals surface area contributed by atoms with E-state index in [1.165, 1.54) is 16.2 Å². The third-order valence-electron chi connectivity index (χ3n) is 5.81. The van der Waals surface area contributed by atoms with Crippen LogP contribution in [0.2, 0.25) is 0 Å². The Bertz CT molecular complexity index is 910. The molecule has 2 aromatic rings. The zero-order valence-corrected chi connectivity index (χ0v) is 15.9. The Hall–Kier alpha value is -2.88. The monoisotopic (exact) mass is 360 g/mol. The first kappa shape index (κ1) is 17.5. The van der Waals surface area contributed by atoms with Crippen molar-refractivity contribution >= 4 is 17.5 Å². The van der Waals surface area contributed by atoms with Crippen molar-refractivity contribution in [3.05, 3.63) is 77.5 Å². The highest BCUT2D eigenvalue weighted by molar-refractivity contribution is 6.21. The maximum absolute atomic E-state index is 12.4. The van der Waals surface area contributed by atoms with Crippen LogP contribution >= 0.6 is 0 Å². The minimum absolute atomic E-state index is 0.0703. The molecule has 0 spiro atoms. The lowest BCUT2D eigenvalue weighted by Crippen LogP contribution is -2.31. The lowest BCUT2D eigenvalue weighted by Gasteiger charge is -2.26. The molecular formula is C23H24N2O2. The van der Waals surface area contributed by atoms with Crippen LogP contribution in [0.15, 0.2) is 60.8 Å². The molecule has 4 heteroatoms. The van der Waals surface area contributed by atoms with Crippen molar-refractivity contribution in [2.45, 2.75) is 32.1 Å². The first-order chi connectivity index (χ1) is 12.9. The Morgan fingerprint density at radius 3 is 1.96 bits per heavy atom. The zero-order chi connectivity index (χ0) is 19.2. The van der Waals surface area contributed by atoms with Gasteiger partial charge < -0.3 is 4.90 Å². The number of nitrogens with zero attached hydrogens (tertiary/aromatic N) is 2. The second-order valence-electron chi connectivity index (χ2n) is 7.76. The summed E-state index contributed by atoms with van der Waals surface area (Å²) in [5.41, 5.74) is 4.59. The maximum Gasteiger partial charge on any atom is 0.261 e. The largest absolute Gasteiger partial charge is 0.345 e. The molecule has 0 atom stereocenters. The van der Waals surface area contributed by atoms with E-state index in [0.717, 1.165) is 25.1 Å². The van der Waals surface area contributed by atoms with E-state index < -0.39 is 0 Å². The number of benzene rings is 2. The molecule has 0 unspecified atom stereocenters. The Morgan fingerprint density at radius 2 is 1.33 bits per heavy atom. The number of anilines is 1. The van der Waals surface area contributed by atoms with Gasteiger partial charge in [0.1, 0.15) is 0 Å². The molecule has 2 amide bonds. The van der Waals surface area contributed by atoms with E-state index in [1.807, 2.05) is 0 Å². The van der Waals surface area contributed by atoms with Crippen LogP contribution in [0.1, 0.15) is 53.0 Å². The van der Waals surface area contributed by atoms with E-state index in [0.29, 0.717) is 17.7 Å². The Balaban J connectivity index is 1.39. The second-order valence-corrected chi connectivity index (χ2v) is 7.76. The van der Waals surface area contributed by atoms with Crippen LogP contribution in [0.25, 0.3) is 0 Å². The van der Waals surface area contributed by atoms with Crippen molar-refractivity contribution in [2.75, 3.05) is 18.0 Å². The molecule has 4 rings (SSSR count). The van der Waals surface area contributed by atoms with Gasteiger partial charge in [-0.15, -0.1) is 0 Å². The van der Waals surface area contributed by atoms with Crippen LogP contribution in [0.5, 0.6) is 0 Å². The number of amides is 2. The van der Waals surface area contributed by atoms with Gasteiger partial charge in [-0.1, -0.05) is 50.8 Å². The van der Waals surface area contributed by atoms with Gasteiger partial charge in [0.25, 0.3) is 11.8 Å². The summed E-state index contributed by atoms with van der Waals surface area (Å²) in [6.45, 7) is 10.0. The fourth-order valence-corrected chi connectivity index (χ4v) is 4.11. The highest BCUT2D eigenvalue weighted by Crippen LogP contribution is 2.46. The Kier molecular flexibility index (Phi) is 4.14. The van der Waals surface area contributed by atoms with Crippen LogP contribution < -0.4 is 4.90 Å². The number of hydrogen-bond donors (Lipinski definition) is 0. The summed E-state index contributed by atoms with van der Waals surface area (Å²) in [6.07, 6.45) is 1.66. The smallest absolute Gasteiger partial charge is 0.261 e. The Labute approximate surface area is 160 Å². The van der Waals surface area contributed by atoms with Crippen molar-refractivity contribution in [1.82, 2.24) is 4.90 Å². The van der Waals surface area contributed by atoms with Crippen molar-refractivity contribution in [3.8, 4) is 0 Å². The zero-order valence-electron chi connectivity index (χ0n) is 15.9. The molecule has 4 nitrogen and oxygen atoms in total. The standard InChI is InChI=1S/C23H24N2O2/c1-16-23(2,3)19-12-6-7-13-20(19)24(16)14-8-9-15-25-21(26)17-10-4-5-11-18(17)22(25)27/h4-7,10-13H,1,8-9,14-15H2,2-3H3. The molecule has 0 fully saturated rings. The van der Waals surface area contributed by atoms with Crippen LogP contribution in [0.4, 0.5) is 5.69 Å². The number of unbranched alkanes of at least 4 members (excludes halogenated alkanes) is 1. The molecule has 138 valence electrons. The molecule has 2 aromatic carbocycles. The predicted octanol–water partition coefficient (Wildman–Crippen LogP) is 4.37. The summed E-state index contributed by atoms with van der Waals surface area (Å²) in [4.78, 5) is 28.5. The molecule has 2 heterocycles. The minimum Gasteiger partial charge on any atom is -0.345 e. The summed E-state index contributed by atoms with van der Waals surface area (Å²) in [7, 11) is 0. The van der Waals surface area contributed by atoms with Gasteiger partial charge in [-0.25, -0.2) is 0 Å². The normalized spacial score (nSPS) is 17.5. The highest BCUT2D eigenvalue weighted by Gasteiger charge is 2.38. The molecule has 0 radical (unpaired) electrons. The molecular weight excluding hydrogens is 336 g/mol. The van der Waals surface area contributed by atoms with Crippen molar-refractivity contribution in [3.63, 3.8) is 0 Å². The number of hydrogen-bond acceptors (Lipinski definition) is 3. The van der Waals surface area contributed by atoms with E-state index >= 15 is 0 Å². The van der Waals surface area contributed by atoms with Gasteiger partial charge in [-0.3, -0.25) is 14.5 Å². The fraction of sp³-hybridized carbons (Fsp3) is 0.304. The van der Waals surface area contributed by atoms with E-state index in [9.17, 15) is 9.59 Å². The highest BCUT2D eigenvalue weighted by atomic mass is 16.2. The van der Waals surface area contributed by atoms with Crippen LogP contribution in [0, 0.1) is 0 Å². The van der Waals surface area contributed by atoms with Crippen LogP contribution in [-0.4, -0.2) is 29.8 Å². The first-order valence-corrected chi connectivity index (χ1v) is 9.44. The molecule has 0 bridgehead atoms. The quantitative estimate of drug-likeness (QED) is 0.587. The number of imide groups is 1. The number of fused-ring (bicyclic) bond motifs is 2. The average Bonchev–Trinajstić information content (AvgIpc) is 3.03. The minimum atomic E-state index is -0.173. The van der Waals surface area contributed by atoms with Gasteiger partial charge in [0.2, 0.25) is 0 Å².